The number of carbonyl (C=O) groups is 6. The fourth-order valence-electron chi connectivity index (χ4n) is 9.62. The van der Waals surface area contributed by atoms with Crippen molar-refractivity contribution >= 4 is 35.4 Å². The van der Waals surface area contributed by atoms with Gasteiger partial charge in [-0.1, -0.05) is 19.4 Å². The fourth-order valence-corrected chi connectivity index (χ4v) is 9.62. The Balaban J connectivity index is 1.25. The number of esters is 3. The summed E-state index contributed by atoms with van der Waals surface area (Å²) >= 11 is 0. The van der Waals surface area contributed by atoms with Crippen LogP contribution in [0.3, 0.4) is 0 Å². The summed E-state index contributed by atoms with van der Waals surface area (Å²) < 4.78 is 16.0. The van der Waals surface area contributed by atoms with Crippen LogP contribution in [-0.2, 0) is 43.0 Å². The second kappa shape index (κ2) is 12.0. The molecule has 1 amide bonds. The molecule has 4 aliphatic carbocycles. The highest BCUT2D eigenvalue weighted by atomic mass is 16.6. The summed E-state index contributed by atoms with van der Waals surface area (Å²) in [7, 11) is 1.20. The minimum atomic E-state index is -1.41. The minimum Gasteiger partial charge on any atom is -0.467 e. The van der Waals surface area contributed by atoms with Crippen LogP contribution in [0.1, 0.15) is 91.4 Å². The number of methoxy groups -OCH3 is 1. The second-order valence-corrected chi connectivity index (χ2v) is 13.9. The number of rotatable bonds is 8. The van der Waals surface area contributed by atoms with Crippen LogP contribution < -0.4 is 0 Å². The number of amides is 1. The van der Waals surface area contributed by atoms with E-state index >= 15 is 0 Å². The molecule has 0 aromatic heterocycles. The van der Waals surface area contributed by atoms with Gasteiger partial charge in [-0.3, -0.25) is 24.0 Å². The lowest BCUT2D eigenvalue weighted by Gasteiger charge is -2.59. The standard InChI is InChI=1S/C33H45NO10/c1-19(35)44-33(27(38)18-43-29(40)8-7-28(39)34-17-22(37)16-26(34)30(41)42-4)14-11-25-23-6-5-20-15-21(36)9-12-31(20,2)24(23)10-13-32(25,33)3/h15,22-26,37H,5-14,16-18H2,1-4H3/t22-,23+,24+,25+,26-,31-,32-,33-/m0/s1. The Kier molecular flexibility index (Phi) is 8.83. The van der Waals surface area contributed by atoms with Crippen LogP contribution >= 0.6 is 0 Å². The van der Waals surface area contributed by atoms with Gasteiger partial charge in [0.05, 0.1) is 19.6 Å². The molecular weight excluding hydrogens is 570 g/mol. The first-order valence-corrected chi connectivity index (χ1v) is 15.9. The van der Waals surface area contributed by atoms with Crippen molar-refractivity contribution in [2.45, 2.75) is 109 Å². The third-order valence-corrected chi connectivity index (χ3v) is 11.8. The number of ketones is 2. The average molecular weight is 616 g/mol. The maximum absolute atomic E-state index is 13.9. The second-order valence-electron chi connectivity index (χ2n) is 13.9. The van der Waals surface area contributed by atoms with Crippen LogP contribution in [0.2, 0.25) is 0 Å². The van der Waals surface area contributed by atoms with E-state index in [-0.39, 0.29) is 42.9 Å². The normalized spacial score (nSPS) is 37.7. The molecule has 3 saturated carbocycles. The molecule has 1 N–H and O–H groups in total. The number of ether oxygens (including phenoxy) is 3. The summed E-state index contributed by atoms with van der Waals surface area (Å²) in [5.74, 6) is -1.82. The Bertz CT molecular complexity index is 1270. The topological polar surface area (TPSA) is 154 Å². The van der Waals surface area contributed by atoms with Crippen molar-refractivity contribution in [3.05, 3.63) is 11.6 Å². The summed E-state index contributed by atoms with van der Waals surface area (Å²) in [5.41, 5.74) is -0.818. The van der Waals surface area contributed by atoms with Crippen LogP contribution in [0, 0.1) is 28.6 Å². The molecule has 242 valence electrons. The molecule has 1 saturated heterocycles. The van der Waals surface area contributed by atoms with E-state index in [1.807, 2.05) is 13.0 Å². The van der Waals surface area contributed by atoms with Crippen molar-refractivity contribution in [1.29, 1.82) is 0 Å². The van der Waals surface area contributed by atoms with Gasteiger partial charge in [-0.2, -0.15) is 0 Å². The van der Waals surface area contributed by atoms with Crippen molar-refractivity contribution in [2.75, 3.05) is 20.3 Å². The van der Waals surface area contributed by atoms with E-state index in [2.05, 4.69) is 6.92 Å². The zero-order chi connectivity index (χ0) is 32.0. The Morgan fingerprint density at radius 1 is 1.00 bits per heavy atom. The van der Waals surface area contributed by atoms with Gasteiger partial charge in [-0.15, -0.1) is 0 Å². The molecule has 0 bridgehead atoms. The molecule has 0 unspecified atom stereocenters. The number of hydrogen-bond acceptors (Lipinski definition) is 10. The molecule has 5 aliphatic rings. The predicted molar refractivity (Wildman–Crippen MR) is 155 cm³/mol. The molecular formula is C33H45NO10. The third kappa shape index (κ3) is 5.39. The van der Waals surface area contributed by atoms with Gasteiger partial charge < -0.3 is 24.2 Å². The number of allylic oxidation sites excluding steroid dienone is 1. The summed E-state index contributed by atoms with van der Waals surface area (Å²) in [4.78, 5) is 77.2. The van der Waals surface area contributed by atoms with E-state index in [4.69, 9.17) is 14.2 Å². The number of Topliss-reactive ketones (excluding diaryl/α,β-unsaturated/α-hetero) is 1. The third-order valence-electron chi connectivity index (χ3n) is 11.8. The van der Waals surface area contributed by atoms with E-state index in [0.29, 0.717) is 31.1 Å². The summed E-state index contributed by atoms with van der Waals surface area (Å²) in [6, 6.07) is -0.912. The molecule has 4 fully saturated rings. The Morgan fingerprint density at radius 3 is 2.43 bits per heavy atom. The van der Waals surface area contributed by atoms with Gasteiger partial charge in [0.15, 0.2) is 18.0 Å². The molecule has 11 nitrogen and oxygen atoms in total. The van der Waals surface area contributed by atoms with E-state index in [1.165, 1.54) is 24.5 Å². The van der Waals surface area contributed by atoms with Crippen molar-refractivity contribution in [3.63, 3.8) is 0 Å². The smallest absolute Gasteiger partial charge is 0.328 e. The van der Waals surface area contributed by atoms with E-state index in [1.54, 1.807) is 0 Å². The van der Waals surface area contributed by atoms with Crippen LogP contribution in [0.4, 0.5) is 0 Å². The van der Waals surface area contributed by atoms with Gasteiger partial charge >= 0.3 is 17.9 Å². The number of β-amino-alcohol motifs (C(OH)–C–C–N with tert-alkyl or cyclic N) is 1. The zero-order valence-corrected chi connectivity index (χ0v) is 26.2. The highest BCUT2D eigenvalue weighted by Gasteiger charge is 2.68. The zero-order valence-electron chi connectivity index (χ0n) is 26.2. The van der Waals surface area contributed by atoms with Gasteiger partial charge in [-0.25, -0.2) is 4.79 Å². The van der Waals surface area contributed by atoms with Crippen LogP contribution in [-0.4, -0.2) is 83.4 Å². The van der Waals surface area contributed by atoms with Gasteiger partial charge in [-0.05, 0) is 74.2 Å². The Hall–Kier alpha value is -3.08. The lowest BCUT2D eigenvalue weighted by Crippen LogP contribution is -2.59. The number of nitrogens with zero attached hydrogens (tertiary/aromatic N) is 1. The van der Waals surface area contributed by atoms with Crippen LogP contribution in [0.5, 0.6) is 0 Å². The lowest BCUT2D eigenvalue weighted by molar-refractivity contribution is -0.191. The lowest BCUT2D eigenvalue weighted by atomic mass is 9.46. The maximum Gasteiger partial charge on any atom is 0.328 e. The number of aliphatic hydroxyl groups is 1. The van der Waals surface area contributed by atoms with E-state index in [0.717, 1.165) is 32.1 Å². The van der Waals surface area contributed by atoms with Crippen molar-refractivity contribution < 1.29 is 48.1 Å². The summed E-state index contributed by atoms with van der Waals surface area (Å²) in [6.07, 6.45) is 6.30. The Morgan fingerprint density at radius 2 is 1.73 bits per heavy atom. The number of likely N-dealkylation sites (tertiary alicyclic amines) is 1. The average Bonchev–Trinajstić information content (AvgIpc) is 3.52. The monoisotopic (exact) mass is 615 g/mol. The van der Waals surface area contributed by atoms with Crippen LogP contribution in [0.15, 0.2) is 11.6 Å². The highest BCUT2D eigenvalue weighted by molar-refractivity contribution is 5.94. The fraction of sp³-hybridized carbons (Fsp3) is 0.758. The summed E-state index contributed by atoms with van der Waals surface area (Å²) in [6.45, 7) is 5.02. The molecule has 8 atom stereocenters. The number of hydrogen-bond donors (Lipinski definition) is 1. The molecule has 0 aromatic carbocycles. The molecule has 0 radical (unpaired) electrons. The molecule has 0 aromatic rings. The number of aliphatic hydroxyl groups excluding tert-OH is 1. The van der Waals surface area contributed by atoms with Gasteiger partial charge in [0.1, 0.15) is 6.04 Å². The van der Waals surface area contributed by atoms with Crippen molar-refractivity contribution in [1.82, 2.24) is 4.90 Å². The van der Waals surface area contributed by atoms with Crippen molar-refractivity contribution in [2.24, 2.45) is 28.6 Å². The molecule has 1 heterocycles. The quantitative estimate of drug-likeness (QED) is 0.319. The predicted octanol–water partition coefficient (Wildman–Crippen LogP) is 2.85. The van der Waals surface area contributed by atoms with Gasteiger partial charge in [0.25, 0.3) is 0 Å². The Labute approximate surface area is 258 Å². The van der Waals surface area contributed by atoms with E-state index in [9.17, 15) is 33.9 Å². The maximum atomic E-state index is 13.9. The first-order valence-electron chi connectivity index (χ1n) is 15.9. The molecule has 1 aliphatic heterocycles. The summed E-state index contributed by atoms with van der Waals surface area (Å²) in [5, 5.41) is 9.94. The SMILES string of the molecule is COC(=O)[C@@H]1C[C@H](O)CN1C(=O)CCC(=O)OCC(=O)[C@@]1(OC(C)=O)CC[C@@H]2[C@@H]3CCC4=CC(=O)CC[C@]4(C)[C@@H]3CC[C@@]21C. The largest absolute Gasteiger partial charge is 0.467 e. The van der Waals surface area contributed by atoms with Crippen molar-refractivity contribution in [3.8, 4) is 0 Å². The minimum absolute atomic E-state index is 0.0342. The molecule has 11 heteroatoms. The molecule has 44 heavy (non-hydrogen) atoms. The highest BCUT2D eigenvalue weighted by Crippen LogP contribution is 2.68. The molecule has 0 spiro atoms. The van der Waals surface area contributed by atoms with E-state index < -0.39 is 59.4 Å². The number of fused-ring (bicyclic) bond motifs is 5. The van der Waals surface area contributed by atoms with Crippen LogP contribution in [0.25, 0.3) is 0 Å². The van der Waals surface area contributed by atoms with Gasteiger partial charge in [0, 0.05) is 38.1 Å². The van der Waals surface area contributed by atoms with Gasteiger partial charge in [0.2, 0.25) is 11.7 Å². The first-order chi connectivity index (χ1) is 20.8. The number of carbonyl (C=O) groups excluding carboxylic acids is 6. The first kappa shape index (κ1) is 32.3. The molecule has 5 rings (SSSR count).